The fourth-order valence-electron chi connectivity index (χ4n) is 2.75. The number of hydrogen-bond donors (Lipinski definition) is 0. The van der Waals surface area contributed by atoms with Gasteiger partial charge >= 0.3 is 5.97 Å². The first-order chi connectivity index (χ1) is 16.0. The Kier molecular flexibility index (Phi) is 8.07. The lowest BCUT2D eigenvalue weighted by Crippen LogP contribution is -2.40. The molecule has 0 aliphatic heterocycles. The second-order valence-corrected chi connectivity index (χ2v) is 14.7. The molecule has 0 saturated carbocycles. The number of aromatic nitrogens is 3. The van der Waals surface area contributed by atoms with E-state index in [1.54, 1.807) is 19.2 Å². The molecule has 180 valence electrons. The minimum atomic E-state index is -1.93. The summed E-state index contributed by atoms with van der Waals surface area (Å²) in [7, 11) is -1.93. The molecule has 0 spiro atoms. The van der Waals surface area contributed by atoms with Crippen LogP contribution in [-0.2, 0) is 27.2 Å². The molecule has 0 radical (unpaired) electrons. The summed E-state index contributed by atoms with van der Waals surface area (Å²) in [5, 5.41) is 8.63. The molecular formula is C25H30ClN3O4Si. The monoisotopic (exact) mass is 499 g/mol. The second kappa shape index (κ2) is 10.6. The first-order valence-corrected chi connectivity index (χ1v) is 14.3. The van der Waals surface area contributed by atoms with Crippen LogP contribution in [0.15, 0.2) is 53.1 Å². The van der Waals surface area contributed by atoms with Crippen LogP contribution in [-0.4, -0.2) is 29.5 Å². The molecule has 2 heterocycles. The largest absolute Gasteiger partial charge is 0.458 e. The quantitative estimate of drug-likeness (QED) is 0.200. The highest BCUT2D eigenvalue weighted by molar-refractivity contribution is 6.74. The van der Waals surface area contributed by atoms with Crippen molar-refractivity contribution in [1.29, 1.82) is 0 Å². The van der Waals surface area contributed by atoms with Gasteiger partial charge < -0.3 is 13.6 Å². The van der Waals surface area contributed by atoms with Crippen LogP contribution in [0.5, 0.6) is 0 Å². The third-order valence-electron chi connectivity index (χ3n) is 5.85. The van der Waals surface area contributed by atoms with Crippen LogP contribution in [0.2, 0.25) is 23.2 Å². The van der Waals surface area contributed by atoms with Crippen LogP contribution in [0.1, 0.15) is 44.8 Å². The summed E-state index contributed by atoms with van der Waals surface area (Å²) in [5.74, 6) is 0.238. The zero-order valence-corrected chi connectivity index (χ0v) is 22.1. The van der Waals surface area contributed by atoms with E-state index in [1.807, 2.05) is 30.3 Å². The van der Waals surface area contributed by atoms with Gasteiger partial charge in [-0.3, -0.25) is 4.98 Å². The van der Waals surface area contributed by atoms with E-state index < -0.39 is 14.3 Å². The number of carbonyl (C=O) groups excluding carboxylic acids is 1. The van der Waals surface area contributed by atoms with E-state index in [9.17, 15) is 4.79 Å². The van der Waals surface area contributed by atoms with Gasteiger partial charge in [0.25, 0.3) is 0 Å². The van der Waals surface area contributed by atoms with Gasteiger partial charge in [-0.1, -0.05) is 62.7 Å². The van der Waals surface area contributed by atoms with Gasteiger partial charge in [0.2, 0.25) is 11.8 Å². The minimum Gasteiger partial charge on any atom is -0.458 e. The van der Waals surface area contributed by atoms with Gasteiger partial charge in [-0.05, 0) is 42.3 Å². The van der Waals surface area contributed by atoms with Crippen LogP contribution < -0.4 is 0 Å². The SMILES string of the molecule is C/C(=C\C(=O)OCc1ccccc1)c1ncc(-c2nnc(CO[Si](C)(C)C(C)(C)C)o2)cc1Cl. The summed E-state index contributed by atoms with van der Waals surface area (Å²) in [5.41, 5.74) is 2.56. The van der Waals surface area contributed by atoms with Gasteiger partial charge in [-0.25, -0.2) is 4.79 Å². The van der Waals surface area contributed by atoms with Crippen LogP contribution in [0, 0.1) is 0 Å². The Labute approximate surface area is 206 Å². The van der Waals surface area contributed by atoms with E-state index >= 15 is 0 Å². The van der Waals surface area contributed by atoms with Crippen molar-refractivity contribution in [2.24, 2.45) is 0 Å². The Morgan fingerprint density at radius 1 is 1.15 bits per heavy atom. The van der Waals surface area contributed by atoms with E-state index in [4.69, 9.17) is 25.2 Å². The Balaban J connectivity index is 1.65. The molecule has 0 fully saturated rings. The third-order valence-corrected chi connectivity index (χ3v) is 10.6. The average Bonchev–Trinajstić information content (AvgIpc) is 3.25. The number of rotatable bonds is 8. The fourth-order valence-corrected chi connectivity index (χ4v) is 3.98. The number of pyridine rings is 1. The summed E-state index contributed by atoms with van der Waals surface area (Å²) < 4.78 is 17.2. The van der Waals surface area contributed by atoms with Crippen molar-refractivity contribution in [2.45, 2.75) is 59.0 Å². The molecular weight excluding hydrogens is 470 g/mol. The van der Waals surface area contributed by atoms with Crippen molar-refractivity contribution < 1.29 is 18.4 Å². The van der Waals surface area contributed by atoms with Crippen molar-refractivity contribution in [3.63, 3.8) is 0 Å². The van der Waals surface area contributed by atoms with Gasteiger partial charge in [0.1, 0.15) is 13.2 Å². The van der Waals surface area contributed by atoms with Crippen LogP contribution in [0.25, 0.3) is 17.0 Å². The number of hydrogen-bond acceptors (Lipinski definition) is 7. The first-order valence-electron chi connectivity index (χ1n) is 11.0. The molecule has 0 atom stereocenters. The normalized spacial score (nSPS) is 12.6. The van der Waals surface area contributed by atoms with Crippen LogP contribution in [0.3, 0.4) is 0 Å². The smallest absolute Gasteiger partial charge is 0.331 e. The van der Waals surface area contributed by atoms with Gasteiger partial charge in [0.15, 0.2) is 8.32 Å². The summed E-state index contributed by atoms with van der Waals surface area (Å²) in [6.07, 6.45) is 2.96. The van der Waals surface area contributed by atoms with Gasteiger partial charge in [0, 0.05) is 12.3 Å². The number of allylic oxidation sites excluding steroid dienone is 1. The number of halogens is 1. The standard InChI is InChI=1S/C25H30ClN3O4Si/c1-17(12-22(30)31-15-18-10-8-7-9-11-18)23-20(26)13-19(14-27-23)24-29-28-21(33-24)16-32-34(5,6)25(2,3)4/h7-14H,15-16H2,1-6H3/b17-12+. The predicted molar refractivity (Wildman–Crippen MR) is 134 cm³/mol. The Bertz CT molecular complexity index is 1170. The van der Waals surface area contributed by atoms with Crippen molar-refractivity contribution in [3.05, 3.63) is 70.8 Å². The van der Waals surface area contributed by atoms with Crippen LogP contribution >= 0.6 is 11.6 Å². The van der Waals surface area contributed by atoms with Gasteiger partial charge in [-0.15, -0.1) is 10.2 Å². The molecule has 0 unspecified atom stereocenters. The number of ether oxygens (including phenoxy) is 1. The Hall–Kier alpha value is -2.81. The highest BCUT2D eigenvalue weighted by Gasteiger charge is 2.37. The van der Waals surface area contributed by atoms with E-state index in [2.05, 4.69) is 49.0 Å². The highest BCUT2D eigenvalue weighted by atomic mass is 35.5. The van der Waals surface area contributed by atoms with Crippen molar-refractivity contribution >= 4 is 31.5 Å². The molecule has 1 aromatic carbocycles. The lowest BCUT2D eigenvalue weighted by atomic mass is 10.1. The molecule has 0 aliphatic carbocycles. The Morgan fingerprint density at radius 3 is 2.50 bits per heavy atom. The van der Waals surface area contributed by atoms with Crippen LogP contribution in [0.4, 0.5) is 0 Å². The number of esters is 1. The molecule has 3 rings (SSSR count). The summed E-state index contributed by atoms with van der Waals surface area (Å²) >= 11 is 6.44. The molecule has 2 aromatic heterocycles. The summed E-state index contributed by atoms with van der Waals surface area (Å²) in [4.78, 5) is 16.6. The Morgan fingerprint density at radius 2 is 1.85 bits per heavy atom. The van der Waals surface area contributed by atoms with E-state index in [-0.39, 0.29) is 18.3 Å². The molecule has 3 aromatic rings. The highest BCUT2D eigenvalue weighted by Crippen LogP contribution is 2.37. The maximum atomic E-state index is 12.2. The number of carbonyl (C=O) groups is 1. The van der Waals surface area contributed by atoms with Crippen molar-refractivity contribution in [3.8, 4) is 11.5 Å². The molecule has 0 aliphatic rings. The van der Waals surface area contributed by atoms with Gasteiger partial charge in [0.05, 0.1) is 16.3 Å². The topological polar surface area (TPSA) is 87.3 Å². The second-order valence-electron chi connectivity index (χ2n) is 9.53. The average molecular weight is 500 g/mol. The molecule has 0 saturated heterocycles. The molecule has 0 amide bonds. The molecule has 0 bridgehead atoms. The first kappa shape index (κ1) is 25.8. The van der Waals surface area contributed by atoms with E-state index in [1.165, 1.54) is 6.08 Å². The number of nitrogens with zero attached hydrogens (tertiary/aromatic N) is 3. The molecule has 34 heavy (non-hydrogen) atoms. The maximum absolute atomic E-state index is 12.2. The van der Waals surface area contributed by atoms with Gasteiger partial charge in [-0.2, -0.15) is 0 Å². The zero-order valence-electron chi connectivity index (χ0n) is 20.4. The maximum Gasteiger partial charge on any atom is 0.331 e. The fraction of sp³-hybridized carbons (Fsp3) is 0.360. The lowest BCUT2D eigenvalue weighted by molar-refractivity contribution is -0.138. The minimum absolute atomic E-state index is 0.0858. The zero-order chi connectivity index (χ0) is 24.9. The molecule has 0 N–H and O–H groups in total. The number of benzene rings is 1. The molecule has 7 nitrogen and oxygen atoms in total. The van der Waals surface area contributed by atoms with E-state index in [0.717, 1.165) is 5.56 Å². The van der Waals surface area contributed by atoms with Crippen molar-refractivity contribution in [2.75, 3.05) is 0 Å². The summed E-state index contributed by atoms with van der Waals surface area (Å²) in [6.45, 7) is 13.1. The summed E-state index contributed by atoms with van der Waals surface area (Å²) in [6, 6.07) is 11.2. The lowest BCUT2D eigenvalue weighted by Gasteiger charge is -2.35. The van der Waals surface area contributed by atoms with Crippen molar-refractivity contribution in [1.82, 2.24) is 15.2 Å². The predicted octanol–water partition coefficient (Wildman–Crippen LogP) is 6.45. The molecule has 9 heteroatoms. The third kappa shape index (κ3) is 6.62. The van der Waals surface area contributed by atoms with E-state index in [0.29, 0.717) is 33.6 Å².